The van der Waals surface area contributed by atoms with Gasteiger partial charge in [-0.3, -0.25) is 5.73 Å². The third kappa shape index (κ3) is 2.59. The molecular formula is C12H11Cl2NO. The van der Waals surface area contributed by atoms with Gasteiger partial charge in [0.15, 0.2) is 5.72 Å². The molecule has 0 saturated heterocycles. The number of halogens is 2. The van der Waals surface area contributed by atoms with Gasteiger partial charge in [-0.1, -0.05) is 41.4 Å². The van der Waals surface area contributed by atoms with Crippen molar-refractivity contribution in [2.45, 2.75) is 12.1 Å². The minimum atomic E-state index is -0.920. The van der Waals surface area contributed by atoms with Gasteiger partial charge in [0.25, 0.3) is 0 Å². The Bertz CT molecular complexity index is 442. The van der Waals surface area contributed by atoms with Crippen LogP contribution in [-0.4, -0.2) is 5.72 Å². The Morgan fingerprint density at radius 1 is 1.19 bits per heavy atom. The van der Waals surface area contributed by atoms with Crippen LogP contribution in [0.4, 0.5) is 0 Å². The fourth-order valence-electron chi connectivity index (χ4n) is 1.47. The molecule has 1 aliphatic rings. The number of ether oxygens (including phenoxy) is 1. The highest BCUT2D eigenvalue weighted by atomic mass is 35.5. The van der Waals surface area contributed by atoms with E-state index in [1.54, 1.807) is 12.2 Å². The SMILES string of the molecule is NC1(Oc2ccccc2)C=CC(Cl)=C(Cl)C1. The van der Waals surface area contributed by atoms with E-state index in [1.807, 2.05) is 30.3 Å². The third-order valence-corrected chi connectivity index (χ3v) is 3.04. The molecule has 0 bridgehead atoms. The molecule has 0 aromatic heterocycles. The van der Waals surface area contributed by atoms with E-state index < -0.39 is 5.72 Å². The normalized spacial score (nSPS) is 24.7. The highest BCUT2D eigenvalue weighted by molar-refractivity contribution is 6.40. The molecule has 16 heavy (non-hydrogen) atoms. The lowest BCUT2D eigenvalue weighted by Crippen LogP contribution is -2.45. The van der Waals surface area contributed by atoms with Crippen LogP contribution in [0.5, 0.6) is 5.75 Å². The number of hydrogen-bond donors (Lipinski definition) is 1. The zero-order valence-electron chi connectivity index (χ0n) is 8.49. The summed E-state index contributed by atoms with van der Waals surface area (Å²) >= 11 is 11.8. The molecule has 84 valence electrons. The van der Waals surface area contributed by atoms with Crippen molar-refractivity contribution in [3.8, 4) is 5.75 Å². The first-order chi connectivity index (χ1) is 7.59. The van der Waals surface area contributed by atoms with Crippen LogP contribution in [0.2, 0.25) is 0 Å². The molecule has 2 nitrogen and oxygen atoms in total. The second-order valence-corrected chi connectivity index (χ2v) is 4.50. The van der Waals surface area contributed by atoms with E-state index in [2.05, 4.69) is 0 Å². The molecule has 1 aromatic rings. The molecule has 0 saturated carbocycles. The van der Waals surface area contributed by atoms with Crippen LogP contribution in [0.1, 0.15) is 6.42 Å². The van der Waals surface area contributed by atoms with Gasteiger partial charge in [0.2, 0.25) is 0 Å². The molecular weight excluding hydrogens is 245 g/mol. The van der Waals surface area contributed by atoms with Gasteiger partial charge in [0.1, 0.15) is 5.75 Å². The number of benzene rings is 1. The van der Waals surface area contributed by atoms with Crippen molar-refractivity contribution in [3.05, 3.63) is 52.5 Å². The molecule has 1 unspecified atom stereocenters. The first-order valence-corrected chi connectivity index (χ1v) is 5.61. The predicted molar refractivity (Wildman–Crippen MR) is 66.5 cm³/mol. The average Bonchev–Trinajstić information content (AvgIpc) is 2.25. The summed E-state index contributed by atoms with van der Waals surface area (Å²) < 4.78 is 5.68. The van der Waals surface area contributed by atoms with Crippen molar-refractivity contribution in [1.82, 2.24) is 0 Å². The highest BCUT2D eigenvalue weighted by Crippen LogP contribution is 2.31. The van der Waals surface area contributed by atoms with Crippen LogP contribution in [0.3, 0.4) is 0 Å². The van der Waals surface area contributed by atoms with E-state index in [0.717, 1.165) is 0 Å². The number of rotatable bonds is 2. The standard InChI is InChI=1S/C12H11Cl2NO/c13-10-6-7-12(15,8-11(10)14)16-9-4-2-1-3-5-9/h1-7H,8,15H2. The summed E-state index contributed by atoms with van der Waals surface area (Å²) in [6.07, 6.45) is 3.75. The van der Waals surface area contributed by atoms with Crippen molar-refractivity contribution < 1.29 is 4.74 Å². The van der Waals surface area contributed by atoms with Gasteiger partial charge in [0.05, 0.1) is 5.03 Å². The predicted octanol–water partition coefficient (Wildman–Crippen LogP) is 3.37. The Kier molecular flexibility index (Phi) is 3.24. The Morgan fingerprint density at radius 2 is 1.88 bits per heavy atom. The number of hydrogen-bond acceptors (Lipinski definition) is 2. The van der Waals surface area contributed by atoms with Crippen molar-refractivity contribution >= 4 is 23.2 Å². The van der Waals surface area contributed by atoms with Gasteiger partial charge in [0, 0.05) is 11.5 Å². The third-order valence-electron chi connectivity index (χ3n) is 2.25. The van der Waals surface area contributed by atoms with E-state index in [9.17, 15) is 0 Å². The summed E-state index contributed by atoms with van der Waals surface area (Å²) in [6.45, 7) is 0. The van der Waals surface area contributed by atoms with Gasteiger partial charge < -0.3 is 4.74 Å². The zero-order valence-corrected chi connectivity index (χ0v) is 10.0. The maximum atomic E-state index is 6.06. The lowest BCUT2D eigenvalue weighted by atomic mass is 10.1. The molecule has 4 heteroatoms. The Morgan fingerprint density at radius 3 is 2.50 bits per heavy atom. The van der Waals surface area contributed by atoms with Crippen LogP contribution < -0.4 is 10.5 Å². The first-order valence-electron chi connectivity index (χ1n) is 4.85. The zero-order chi connectivity index (χ0) is 11.6. The van der Waals surface area contributed by atoms with E-state index >= 15 is 0 Å². The summed E-state index contributed by atoms with van der Waals surface area (Å²) in [6, 6.07) is 9.37. The monoisotopic (exact) mass is 255 g/mol. The Labute approximate surface area is 104 Å². The maximum Gasteiger partial charge on any atom is 0.183 e. The minimum absolute atomic E-state index is 0.374. The topological polar surface area (TPSA) is 35.2 Å². The van der Waals surface area contributed by atoms with Gasteiger partial charge in [-0.2, -0.15) is 0 Å². The molecule has 0 radical (unpaired) electrons. The van der Waals surface area contributed by atoms with Crippen molar-refractivity contribution in [1.29, 1.82) is 0 Å². The number of allylic oxidation sites excluding steroid dienone is 2. The summed E-state index contributed by atoms with van der Waals surface area (Å²) in [5, 5.41) is 1.03. The summed E-state index contributed by atoms with van der Waals surface area (Å²) in [7, 11) is 0. The van der Waals surface area contributed by atoms with E-state index in [0.29, 0.717) is 22.2 Å². The fraction of sp³-hybridized carbons (Fsp3) is 0.167. The molecule has 1 aliphatic carbocycles. The molecule has 2 rings (SSSR count). The molecule has 0 spiro atoms. The summed E-state index contributed by atoms with van der Waals surface area (Å²) in [5.74, 6) is 0.706. The van der Waals surface area contributed by atoms with E-state index in [-0.39, 0.29) is 0 Å². The van der Waals surface area contributed by atoms with Crippen molar-refractivity contribution in [2.75, 3.05) is 0 Å². The number of para-hydroxylation sites is 1. The Balaban J connectivity index is 2.15. The lowest BCUT2D eigenvalue weighted by molar-refractivity contribution is 0.128. The van der Waals surface area contributed by atoms with Crippen LogP contribution in [0.15, 0.2) is 52.5 Å². The van der Waals surface area contributed by atoms with Crippen LogP contribution >= 0.6 is 23.2 Å². The van der Waals surface area contributed by atoms with Crippen LogP contribution in [-0.2, 0) is 0 Å². The lowest BCUT2D eigenvalue weighted by Gasteiger charge is -2.29. The second kappa shape index (κ2) is 4.50. The largest absolute Gasteiger partial charge is 0.469 e. The van der Waals surface area contributed by atoms with Crippen LogP contribution in [0.25, 0.3) is 0 Å². The molecule has 1 atom stereocenters. The van der Waals surface area contributed by atoms with Gasteiger partial charge in [-0.25, -0.2) is 0 Å². The van der Waals surface area contributed by atoms with Gasteiger partial charge >= 0.3 is 0 Å². The van der Waals surface area contributed by atoms with Crippen LogP contribution in [0, 0.1) is 0 Å². The van der Waals surface area contributed by atoms with Crippen molar-refractivity contribution in [3.63, 3.8) is 0 Å². The van der Waals surface area contributed by atoms with E-state index in [1.165, 1.54) is 0 Å². The summed E-state index contributed by atoms with van der Waals surface area (Å²) in [5.41, 5.74) is 5.14. The first kappa shape index (κ1) is 11.5. The minimum Gasteiger partial charge on any atom is -0.469 e. The molecule has 0 fully saturated rings. The highest BCUT2D eigenvalue weighted by Gasteiger charge is 2.29. The molecule has 1 aromatic carbocycles. The van der Waals surface area contributed by atoms with Gasteiger partial charge in [-0.05, 0) is 24.3 Å². The quantitative estimate of drug-likeness (QED) is 0.823. The fourth-order valence-corrected chi connectivity index (χ4v) is 1.87. The van der Waals surface area contributed by atoms with Crippen molar-refractivity contribution in [2.24, 2.45) is 5.73 Å². The molecule has 0 aliphatic heterocycles. The molecule has 0 heterocycles. The number of nitrogens with two attached hydrogens (primary N) is 1. The maximum absolute atomic E-state index is 6.06. The molecule has 2 N–H and O–H groups in total. The van der Waals surface area contributed by atoms with Gasteiger partial charge in [-0.15, -0.1) is 0 Å². The molecule has 0 amide bonds. The smallest absolute Gasteiger partial charge is 0.183 e. The Hall–Kier alpha value is -0.960. The van der Waals surface area contributed by atoms with E-state index in [4.69, 9.17) is 33.7 Å². The average molecular weight is 256 g/mol. The second-order valence-electron chi connectivity index (χ2n) is 3.63. The summed E-state index contributed by atoms with van der Waals surface area (Å²) in [4.78, 5) is 0.